The lowest BCUT2D eigenvalue weighted by atomic mass is 10.0. The summed E-state index contributed by atoms with van der Waals surface area (Å²) < 4.78 is 0. The Kier molecular flexibility index (Phi) is 3.30. The van der Waals surface area contributed by atoms with Crippen LogP contribution >= 0.6 is 11.3 Å². The van der Waals surface area contributed by atoms with Gasteiger partial charge in [-0.15, -0.1) is 11.3 Å². The highest BCUT2D eigenvalue weighted by Gasteiger charge is 2.39. The molecule has 2 N–H and O–H groups in total. The minimum Gasteiger partial charge on any atom is -0.388 e. The molecule has 4 heteroatoms. The Bertz CT molecular complexity index is 355. The minimum absolute atomic E-state index is 0.0108. The highest BCUT2D eigenvalue weighted by molar-refractivity contribution is 7.10. The van der Waals surface area contributed by atoms with Gasteiger partial charge in [-0.1, -0.05) is 6.07 Å². The summed E-state index contributed by atoms with van der Waals surface area (Å²) in [5, 5.41) is 14.8. The van der Waals surface area contributed by atoms with E-state index in [1.54, 1.807) is 18.3 Å². The first-order valence-electron chi connectivity index (χ1n) is 5.59. The number of hydrogen-bond acceptors (Lipinski definition) is 3. The summed E-state index contributed by atoms with van der Waals surface area (Å²) in [6.45, 7) is 2.16. The van der Waals surface area contributed by atoms with Crippen molar-refractivity contribution in [2.24, 2.45) is 5.92 Å². The number of rotatable bonds is 5. The smallest absolute Gasteiger partial charge is 0.225 e. The number of carbonyl (C=O) groups excluding carboxylic acids is 1. The number of nitrogens with one attached hydrogen (secondary N) is 1. The highest BCUT2D eigenvalue weighted by atomic mass is 32.1. The van der Waals surface area contributed by atoms with Gasteiger partial charge < -0.3 is 10.4 Å². The van der Waals surface area contributed by atoms with E-state index in [9.17, 15) is 9.90 Å². The summed E-state index contributed by atoms with van der Waals surface area (Å²) in [7, 11) is 0. The van der Waals surface area contributed by atoms with E-state index in [2.05, 4.69) is 5.32 Å². The van der Waals surface area contributed by atoms with E-state index in [1.807, 2.05) is 17.5 Å². The van der Waals surface area contributed by atoms with Crippen LogP contribution in [0.25, 0.3) is 0 Å². The predicted octanol–water partition coefficient (Wildman–Crippen LogP) is 1.57. The fourth-order valence-electron chi connectivity index (χ4n) is 1.76. The van der Waals surface area contributed by atoms with Crippen LogP contribution in [-0.2, 0) is 11.2 Å². The highest BCUT2D eigenvalue weighted by Crippen LogP contribution is 2.38. The van der Waals surface area contributed by atoms with Crippen LogP contribution in [0.2, 0.25) is 0 Å². The molecule has 1 heterocycles. The van der Waals surface area contributed by atoms with Crippen molar-refractivity contribution in [1.29, 1.82) is 0 Å². The van der Waals surface area contributed by atoms with E-state index >= 15 is 0 Å². The first kappa shape index (κ1) is 11.6. The van der Waals surface area contributed by atoms with Crippen molar-refractivity contribution in [3.63, 3.8) is 0 Å². The van der Waals surface area contributed by atoms with Gasteiger partial charge >= 0.3 is 0 Å². The Balaban J connectivity index is 1.75. The van der Waals surface area contributed by atoms with Gasteiger partial charge in [0.2, 0.25) is 5.91 Å². The SMILES string of the molecule is C[C@](O)(CNC(=O)Cc1cccs1)C1CC1. The monoisotopic (exact) mass is 239 g/mol. The average molecular weight is 239 g/mol. The largest absolute Gasteiger partial charge is 0.388 e. The van der Waals surface area contributed by atoms with Gasteiger partial charge in [-0.2, -0.15) is 0 Å². The lowest BCUT2D eigenvalue weighted by Crippen LogP contribution is -2.42. The molecule has 1 saturated carbocycles. The molecule has 0 aromatic carbocycles. The quantitative estimate of drug-likeness (QED) is 0.819. The molecule has 1 aliphatic carbocycles. The van der Waals surface area contributed by atoms with E-state index in [4.69, 9.17) is 0 Å². The van der Waals surface area contributed by atoms with Gasteiger partial charge in [0.05, 0.1) is 12.0 Å². The maximum Gasteiger partial charge on any atom is 0.225 e. The van der Waals surface area contributed by atoms with Crippen molar-refractivity contribution in [2.75, 3.05) is 6.54 Å². The summed E-state index contributed by atoms with van der Waals surface area (Å²) in [6, 6.07) is 3.89. The van der Waals surface area contributed by atoms with E-state index in [-0.39, 0.29) is 5.91 Å². The van der Waals surface area contributed by atoms with Crippen LogP contribution in [0.5, 0.6) is 0 Å². The molecule has 0 bridgehead atoms. The van der Waals surface area contributed by atoms with E-state index < -0.39 is 5.60 Å². The molecule has 0 radical (unpaired) electrons. The molecular weight excluding hydrogens is 222 g/mol. The van der Waals surface area contributed by atoms with Gasteiger partial charge in [-0.25, -0.2) is 0 Å². The third-order valence-corrected chi connectivity index (χ3v) is 3.89. The second-order valence-electron chi connectivity index (χ2n) is 4.66. The Labute approximate surface area is 99.5 Å². The van der Waals surface area contributed by atoms with Crippen molar-refractivity contribution >= 4 is 17.2 Å². The Morgan fingerprint density at radius 1 is 1.69 bits per heavy atom. The number of carbonyl (C=O) groups is 1. The Morgan fingerprint density at radius 3 is 3.00 bits per heavy atom. The van der Waals surface area contributed by atoms with Crippen LogP contribution in [0, 0.1) is 5.92 Å². The van der Waals surface area contributed by atoms with Gasteiger partial charge in [0.15, 0.2) is 0 Å². The minimum atomic E-state index is -0.731. The summed E-state index contributed by atoms with van der Waals surface area (Å²) in [5.41, 5.74) is -0.731. The summed E-state index contributed by atoms with van der Waals surface area (Å²) in [6.07, 6.45) is 2.57. The normalized spacial score (nSPS) is 19.1. The van der Waals surface area contributed by atoms with Crippen LogP contribution in [0.3, 0.4) is 0 Å². The molecule has 3 nitrogen and oxygen atoms in total. The summed E-state index contributed by atoms with van der Waals surface area (Å²) in [5.74, 6) is 0.359. The van der Waals surface area contributed by atoms with E-state index in [0.29, 0.717) is 18.9 Å². The van der Waals surface area contributed by atoms with Crippen molar-refractivity contribution in [3.05, 3.63) is 22.4 Å². The Morgan fingerprint density at radius 2 is 2.44 bits per heavy atom. The van der Waals surface area contributed by atoms with E-state index in [0.717, 1.165) is 17.7 Å². The molecule has 16 heavy (non-hydrogen) atoms. The molecule has 1 atom stereocenters. The zero-order valence-electron chi connectivity index (χ0n) is 9.40. The molecule has 1 aromatic heterocycles. The van der Waals surface area contributed by atoms with Crippen LogP contribution < -0.4 is 5.32 Å². The zero-order chi connectivity index (χ0) is 11.6. The molecule has 1 aliphatic rings. The third-order valence-electron chi connectivity index (χ3n) is 3.02. The molecule has 1 amide bonds. The van der Waals surface area contributed by atoms with Crippen LogP contribution in [0.4, 0.5) is 0 Å². The van der Waals surface area contributed by atoms with Crippen molar-refractivity contribution in [2.45, 2.75) is 31.8 Å². The molecule has 1 fully saturated rings. The lowest BCUT2D eigenvalue weighted by Gasteiger charge is -2.23. The maximum absolute atomic E-state index is 11.6. The van der Waals surface area contributed by atoms with Gasteiger partial charge in [-0.3, -0.25) is 4.79 Å². The Hall–Kier alpha value is -0.870. The van der Waals surface area contributed by atoms with E-state index in [1.165, 1.54) is 0 Å². The summed E-state index contributed by atoms with van der Waals surface area (Å²) in [4.78, 5) is 12.6. The fourth-order valence-corrected chi connectivity index (χ4v) is 2.46. The first-order valence-corrected chi connectivity index (χ1v) is 6.47. The van der Waals surface area contributed by atoms with Gasteiger partial charge in [0, 0.05) is 11.4 Å². The maximum atomic E-state index is 11.6. The standard InChI is InChI=1S/C12H17NO2S/c1-12(15,9-4-5-9)8-13-11(14)7-10-3-2-6-16-10/h2-3,6,9,15H,4-5,7-8H2,1H3,(H,13,14)/t12-/m0/s1. The molecule has 0 saturated heterocycles. The number of thiophene rings is 1. The summed E-state index contributed by atoms with van der Waals surface area (Å²) >= 11 is 1.58. The number of aliphatic hydroxyl groups is 1. The van der Waals surface area contributed by atoms with Crippen molar-refractivity contribution < 1.29 is 9.90 Å². The molecule has 2 rings (SSSR count). The molecule has 88 valence electrons. The molecular formula is C12H17NO2S. The van der Waals surface area contributed by atoms with Crippen LogP contribution in [0.1, 0.15) is 24.6 Å². The second-order valence-corrected chi connectivity index (χ2v) is 5.70. The molecule has 0 unspecified atom stereocenters. The number of amides is 1. The molecule has 0 aliphatic heterocycles. The fraction of sp³-hybridized carbons (Fsp3) is 0.583. The first-order chi connectivity index (χ1) is 7.58. The van der Waals surface area contributed by atoms with Gasteiger partial charge in [0.25, 0.3) is 0 Å². The second kappa shape index (κ2) is 4.55. The number of hydrogen-bond donors (Lipinski definition) is 2. The van der Waals surface area contributed by atoms with Gasteiger partial charge in [-0.05, 0) is 37.1 Å². The van der Waals surface area contributed by atoms with Gasteiger partial charge in [0.1, 0.15) is 0 Å². The van der Waals surface area contributed by atoms with Crippen molar-refractivity contribution in [3.8, 4) is 0 Å². The lowest BCUT2D eigenvalue weighted by molar-refractivity contribution is -0.121. The molecule has 0 spiro atoms. The third kappa shape index (κ3) is 3.06. The predicted molar refractivity (Wildman–Crippen MR) is 64.4 cm³/mol. The molecule has 1 aromatic rings. The topological polar surface area (TPSA) is 49.3 Å². The van der Waals surface area contributed by atoms with Crippen LogP contribution in [0.15, 0.2) is 17.5 Å². The average Bonchev–Trinajstić information content (AvgIpc) is 2.98. The zero-order valence-corrected chi connectivity index (χ0v) is 10.2. The van der Waals surface area contributed by atoms with Crippen LogP contribution in [-0.4, -0.2) is 23.2 Å². The van der Waals surface area contributed by atoms with Crippen molar-refractivity contribution in [1.82, 2.24) is 5.32 Å².